The van der Waals surface area contributed by atoms with Gasteiger partial charge >= 0.3 is 0 Å². The van der Waals surface area contributed by atoms with Gasteiger partial charge in [-0.15, -0.1) is 0 Å². The van der Waals surface area contributed by atoms with Gasteiger partial charge in [-0.2, -0.15) is 0 Å². The van der Waals surface area contributed by atoms with Crippen LogP contribution in [0.2, 0.25) is 0 Å². The molecule has 0 bridgehead atoms. The summed E-state index contributed by atoms with van der Waals surface area (Å²) >= 11 is 1.79. The first-order valence-corrected chi connectivity index (χ1v) is 8.39. The molecule has 1 atom stereocenters. The zero-order valence-electron chi connectivity index (χ0n) is 12.8. The summed E-state index contributed by atoms with van der Waals surface area (Å²) in [6, 6.07) is 7.63. The smallest absolute Gasteiger partial charge is 0.248 e. The van der Waals surface area contributed by atoms with E-state index in [1.54, 1.807) is 11.8 Å². The molecule has 1 unspecified atom stereocenters. The minimum Gasteiger partial charge on any atom is -0.371 e. The topological polar surface area (TPSA) is 61.6 Å². The molecule has 2 heterocycles. The monoisotopic (exact) mass is 318 g/mol. The van der Waals surface area contributed by atoms with Crippen molar-refractivity contribution in [2.24, 2.45) is 5.73 Å². The van der Waals surface area contributed by atoms with Gasteiger partial charge in [-0.05, 0) is 30.2 Å². The van der Waals surface area contributed by atoms with Gasteiger partial charge in [0, 0.05) is 44.5 Å². The van der Waals surface area contributed by atoms with Crippen molar-refractivity contribution in [2.75, 3.05) is 39.8 Å². The van der Waals surface area contributed by atoms with Crippen LogP contribution in [0.15, 0.2) is 35.9 Å². The molecular formula is C16H22N4OS. The second-order valence-electron chi connectivity index (χ2n) is 5.91. The number of thioether (sulfide) groups is 1. The average Bonchev–Trinajstić information content (AvgIpc) is 2.99. The van der Waals surface area contributed by atoms with E-state index in [-0.39, 0.29) is 10.8 Å². The van der Waals surface area contributed by atoms with Crippen LogP contribution >= 0.6 is 11.8 Å². The van der Waals surface area contributed by atoms with Crippen molar-refractivity contribution >= 4 is 17.7 Å². The minimum atomic E-state index is -0.384. The van der Waals surface area contributed by atoms with E-state index in [1.165, 1.54) is 5.56 Å². The number of piperazine rings is 1. The summed E-state index contributed by atoms with van der Waals surface area (Å²) in [5.41, 5.74) is 7.05. The molecule has 0 aromatic heterocycles. The largest absolute Gasteiger partial charge is 0.371 e. The number of primary amides is 1. The van der Waals surface area contributed by atoms with E-state index >= 15 is 0 Å². The molecule has 3 rings (SSSR count). The Labute approximate surface area is 135 Å². The summed E-state index contributed by atoms with van der Waals surface area (Å²) in [5, 5.41) is 5.60. The van der Waals surface area contributed by atoms with Crippen LogP contribution in [0.1, 0.15) is 15.9 Å². The standard InChI is InChI=1S/C16H22N4OS/c1-19-7-9-20(10-8-19)12-16(18-6-11-22-16)14-4-2-13(3-5-14)15(17)21/h2-6,11,18H,7-10,12H2,1H3,(H2,17,21). The van der Waals surface area contributed by atoms with Gasteiger partial charge in [0.15, 0.2) is 0 Å². The zero-order chi connectivity index (χ0) is 15.6. The van der Waals surface area contributed by atoms with E-state index in [9.17, 15) is 4.79 Å². The molecule has 1 fully saturated rings. The summed E-state index contributed by atoms with van der Waals surface area (Å²) < 4.78 is 0. The van der Waals surface area contributed by atoms with Crippen LogP contribution in [-0.2, 0) is 4.87 Å². The number of hydrogen-bond acceptors (Lipinski definition) is 5. The molecule has 118 valence electrons. The Hall–Kier alpha value is -1.50. The lowest BCUT2D eigenvalue weighted by atomic mass is 10.0. The highest BCUT2D eigenvalue weighted by Crippen LogP contribution is 2.39. The molecule has 0 radical (unpaired) electrons. The molecule has 1 aromatic rings. The third kappa shape index (κ3) is 3.14. The Bertz CT molecular complexity index is 556. The van der Waals surface area contributed by atoms with Crippen molar-refractivity contribution in [3.63, 3.8) is 0 Å². The summed E-state index contributed by atoms with van der Waals surface area (Å²) in [6.45, 7) is 5.32. The number of carbonyl (C=O) groups is 1. The number of rotatable bonds is 4. The summed E-state index contributed by atoms with van der Waals surface area (Å²) in [6.07, 6.45) is 2.00. The van der Waals surface area contributed by atoms with Gasteiger partial charge < -0.3 is 16.0 Å². The number of nitrogens with two attached hydrogens (primary N) is 1. The van der Waals surface area contributed by atoms with E-state index in [1.807, 2.05) is 30.5 Å². The van der Waals surface area contributed by atoms with Gasteiger partial charge in [-0.3, -0.25) is 9.69 Å². The minimum absolute atomic E-state index is 0.175. The van der Waals surface area contributed by atoms with Gasteiger partial charge in [0.05, 0.1) is 0 Å². The third-order valence-electron chi connectivity index (χ3n) is 4.33. The lowest BCUT2D eigenvalue weighted by Crippen LogP contribution is -2.51. The lowest BCUT2D eigenvalue weighted by Gasteiger charge is -2.39. The zero-order valence-corrected chi connectivity index (χ0v) is 13.6. The lowest BCUT2D eigenvalue weighted by molar-refractivity contribution is 0.1000. The van der Waals surface area contributed by atoms with E-state index < -0.39 is 0 Å². The van der Waals surface area contributed by atoms with E-state index in [4.69, 9.17) is 5.73 Å². The Balaban J connectivity index is 1.77. The summed E-state index contributed by atoms with van der Waals surface area (Å²) in [5.74, 6) is -0.384. The Morgan fingerprint density at radius 2 is 1.95 bits per heavy atom. The maximum absolute atomic E-state index is 11.2. The van der Waals surface area contributed by atoms with Crippen molar-refractivity contribution in [2.45, 2.75) is 4.87 Å². The quantitative estimate of drug-likeness (QED) is 0.867. The highest BCUT2D eigenvalue weighted by Gasteiger charge is 2.36. The molecule has 1 amide bonds. The van der Waals surface area contributed by atoms with E-state index in [0.717, 1.165) is 32.7 Å². The molecule has 2 aliphatic heterocycles. The number of carbonyl (C=O) groups excluding carboxylic acids is 1. The SMILES string of the molecule is CN1CCN(CC2(c3ccc(C(N)=O)cc3)NC=CS2)CC1. The van der Waals surface area contributed by atoms with Gasteiger partial charge in [0.2, 0.25) is 5.91 Å². The summed E-state index contributed by atoms with van der Waals surface area (Å²) in [7, 11) is 2.17. The first-order valence-electron chi connectivity index (χ1n) is 7.51. The predicted octanol–water partition coefficient (Wildman–Crippen LogP) is 0.993. The van der Waals surface area contributed by atoms with Crippen molar-refractivity contribution < 1.29 is 4.79 Å². The molecule has 0 saturated carbocycles. The van der Waals surface area contributed by atoms with E-state index in [0.29, 0.717) is 5.56 Å². The summed E-state index contributed by atoms with van der Waals surface area (Å²) in [4.78, 5) is 15.9. The van der Waals surface area contributed by atoms with Gasteiger partial charge in [0.1, 0.15) is 4.87 Å². The number of nitrogens with one attached hydrogen (secondary N) is 1. The molecule has 2 aliphatic rings. The molecule has 0 spiro atoms. The van der Waals surface area contributed by atoms with Crippen molar-refractivity contribution in [3.05, 3.63) is 47.0 Å². The highest BCUT2D eigenvalue weighted by molar-refractivity contribution is 8.03. The fraction of sp³-hybridized carbons (Fsp3) is 0.438. The number of nitrogens with zero attached hydrogens (tertiary/aromatic N) is 2. The van der Waals surface area contributed by atoms with Gasteiger partial charge in [0.25, 0.3) is 0 Å². The molecule has 1 aromatic carbocycles. The van der Waals surface area contributed by atoms with Crippen molar-refractivity contribution in [1.82, 2.24) is 15.1 Å². The van der Waals surface area contributed by atoms with Crippen LogP contribution in [0.5, 0.6) is 0 Å². The van der Waals surface area contributed by atoms with Crippen LogP contribution in [-0.4, -0.2) is 55.5 Å². The second-order valence-corrected chi connectivity index (χ2v) is 7.12. The Morgan fingerprint density at radius 1 is 1.27 bits per heavy atom. The molecule has 3 N–H and O–H groups in total. The van der Waals surface area contributed by atoms with Crippen molar-refractivity contribution in [3.8, 4) is 0 Å². The fourth-order valence-electron chi connectivity index (χ4n) is 2.90. The number of benzene rings is 1. The maximum Gasteiger partial charge on any atom is 0.248 e. The normalized spacial score (nSPS) is 26.0. The number of amides is 1. The van der Waals surface area contributed by atoms with Crippen LogP contribution in [0.3, 0.4) is 0 Å². The van der Waals surface area contributed by atoms with Crippen LogP contribution in [0.25, 0.3) is 0 Å². The number of likely N-dealkylation sites (N-methyl/N-ethyl adjacent to an activating group) is 1. The van der Waals surface area contributed by atoms with Crippen LogP contribution < -0.4 is 11.1 Å². The Morgan fingerprint density at radius 3 is 2.50 bits per heavy atom. The molecular weight excluding hydrogens is 296 g/mol. The average molecular weight is 318 g/mol. The predicted molar refractivity (Wildman–Crippen MR) is 90.4 cm³/mol. The maximum atomic E-state index is 11.2. The van der Waals surface area contributed by atoms with Gasteiger partial charge in [-0.1, -0.05) is 23.9 Å². The van der Waals surface area contributed by atoms with E-state index in [2.05, 4.69) is 27.6 Å². The van der Waals surface area contributed by atoms with Crippen molar-refractivity contribution in [1.29, 1.82) is 0 Å². The third-order valence-corrected chi connectivity index (χ3v) is 5.49. The molecule has 1 saturated heterocycles. The molecule has 0 aliphatic carbocycles. The first kappa shape index (κ1) is 15.4. The molecule has 22 heavy (non-hydrogen) atoms. The number of hydrogen-bond donors (Lipinski definition) is 2. The molecule has 6 heteroatoms. The highest BCUT2D eigenvalue weighted by atomic mass is 32.2. The van der Waals surface area contributed by atoms with Crippen LogP contribution in [0.4, 0.5) is 0 Å². The van der Waals surface area contributed by atoms with Gasteiger partial charge in [-0.25, -0.2) is 0 Å². The second kappa shape index (κ2) is 6.32. The fourth-order valence-corrected chi connectivity index (χ4v) is 3.94. The Kier molecular flexibility index (Phi) is 4.42. The first-order chi connectivity index (χ1) is 10.6. The molecule has 5 nitrogen and oxygen atoms in total. The van der Waals surface area contributed by atoms with Crippen LogP contribution in [0, 0.1) is 0 Å².